The van der Waals surface area contributed by atoms with Crippen LogP contribution in [0.25, 0.3) is 0 Å². The van der Waals surface area contributed by atoms with Crippen molar-refractivity contribution >= 4 is 10.4 Å². The van der Waals surface area contributed by atoms with Crippen LogP contribution in [0, 0.1) is 18.3 Å². The van der Waals surface area contributed by atoms with Gasteiger partial charge in [0.05, 0.1) is 6.07 Å². The quantitative estimate of drug-likeness (QED) is 0.312. The van der Waals surface area contributed by atoms with E-state index in [1.54, 1.807) is 12.1 Å². The Morgan fingerprint density at radius 3 is 1.80 bits per heavy atom. The average Bonchev–Trinajstić information content (AvgIpc) is 2.03. The maximum absolute atomic E-state index is 8.74. The van der Waals surface area contributed by atoms with Crippen LogP contribution in [0.2, 0.25) is 0 Å². The van der Waals surface area contributed by atoms with E-state index in [4.69, 9.17) is 22.8 Å². The molecule has 1 rings (SSSR count). The second-order valence-corrected chi connectivity index (χ2v) is 3.15. The molecule has 5 nitrogen and oxygen atoms in total. The normalized spacial score (nSPS) is 8.87. The van der Waals surface area contributed by atoms with Gasteiger partial charge in [-0.1, -0.05) is 0 Å². The zero-order valence-electron chi connectivity index (χ0n) is 8.08. The Kier molecular flexibility index (Phi) is 8.66. The summed E-state index contributed by atoms with van der Waals surface area (Å²) >= 11 is 0. The Balaban J connectivity index is 0. The average molecular weight is 237 g/mol. The minimum Gasteiger partial charge on any atom is -0.264 e. The first-order chi connectivity index (χ1) is 6.33. The van der Waals surface area contributed by atoms with Gasteiger partial charge in [0, 0.05) is 5.56 Å². The van der Waals surface area contributed by atoms with E-state index in [9.17, 15) is 0 Å². The van der Waals surface area contributed by atoms with Crippen LogP contribution >= 0.6 is 0 Å². The van der Waals surface area contributed by atoms with Gasteiger partial charge in [0.25, 0.3) is 0 Å². The number of rotatable bonds is 0. The predicted octanol–water partition coefficient (Wildman–Crippen LogP) is -1.91. The first kappa shape index (κ1) is 16.9. The Morgan fingerprint density at radius 2 is 1.53 bits per heavy atom. The van der Waals surface area contributed by atoms with Crippen molar-refractivity contribution in [3.8, 4) is 6.07 Å². The van der Waals surface area contributed by atoms with Gasteiger partial charge in [-0.2, -0.15) is 38.3 Å². The molecule has 1 aromatic rings. The van der Waals surface area contributed by atoms with Crippen molar-refractivity contribution in [2.75, 3.05) is 0 Å². The minimum atomic E-state index is -4.67. The maximum Gasteiger partial charge on any atom is 1.00 e. The van der Waals surface area contributed by atoms with E-state index in [1.165, 1.54) is 0 Å². The van der Waals surface area contributed by atoms with Crippen LogP contribution in [0.4, 0.5) is 0 Å². The number of nitriles is 1. The summed E-state index contributed by atoms with van der Waals surface area (Å²) in [7, 11) is -4.67. The summed E-state index contributed by atoms with van der Waals surface area (Å²) < 4.78 is 31.6. The first-order valence-electron chi connectivity index (χ1n) is 3.35. The van der Waals surface area contributed by atoms with Crippen LogP contribution in [-0.4, -0.2) is 17.5 Å². The Hall–Kier alpha value is -0.550. The zero-order valence-corrected chi connectivity index (χ0v) is 10.9. The molecule has 0 amide bonds. The molecule has 0 aliphatic heterocycles. The molecule has 0 saturated heterocycles. The van der Waals surface area contributed by atoms with Crippen molar-refractivity contribution in [2.45, 2.75) is 0 Å². The van der Waals surface area contributed by atoms with Gasteiger partial charge in [-0.05, 0) is 0 Å². The SMILES string of the molecule is O=S(=O)(O)O.[CH2-]c1ccc(C#N)cc1.[Na+]. The molecule has 76 valence electrons. The van der Waals surface area contributed by atoms with E-state index in [0.29, 0.717) is 5.56 Å². The first-order valence-corrected chi connectivity index (χ1v) is 4.74. The summed E-state index contributed by atoms with van der Waals surface area (Å²) in [5.74, 6) is 0. The van der Waals surface area contributed by atoms with E-state index in [-0.39, 0.29) is 29.6 Å². The van der Waals surface area contributed by atoms with Crippen molar-refractivity contribution in [2.24, 2.45) is 0 Å². The van der Waals surface area contributed by atoms with Crippen molar-refractivity contribution in [3.63, 3.8) is 0 Å². The van der Waals surface area contributed by atoms with Crippen LogP contribution in [0.3, 0.4) is 0 Å². The van der Waals surface area contributed by atoms with Gasteiger partial charge in [0.15, 0.2) is 0 Å². The summed E-state index contributed by atoms with van der Waals surface area (Å²) in [5, 5.41) is 8.36. The molecule has 15 heavy (non-hydrogen) atoms. The molecular weight excluding hydrogens is 229 g/mol. The molecular formula is C8H8NNaO4S. The van der Waals surface area contributed by atoms with E-state index in [0.717, 1.165) is 5.56 Å². The van der Waals surface area contributed by atoms with Gasteiger partial charge in [-0.25, -0.2) is 0 Å². The van der Waals surface area contributed by atoms with Crippen LogP contribution in [0.5, 0.6) is 0 Å². The molecule has 1 aromatic carbocycles. The fourth-order valence-electron chi connectivity index (χ4n) is 0.579. The fraction of sp³-hybridized carbons (Fsp3) is 0. The molecule has 0 unspecified atom stereocenters. The molecule has 0 spiro atoms. The summed E-state index contributed by atoms with van der Waals surface area (Å²) in [6.07, 6.45) is 0. The van der Waals surface area contributed by atoms with Gasteiger partial charge in [-0.3, -0.25) is 9.11 Å². The molecule has 0 heterocycles. The van der Waals surface area contributed by atoms with Gasteiger partial charge in [0.2, 0.25) is 0 Å². The van der Waals surface area contributed by atoms with E-state index in [1.807, 2.05) is 18.2 Å². The minimum absolute atomic E-state index is 0. The second-order valence-electron chi connectivity index (χ2n) is 2.26. The maximum atomic E-state index is 8.74. The smallest absolute Gasteiger partial charge is 0.264 e. The molecule has 0 radical (unpaired) electrons. The van der Waals surface area contributed by atoms with Crippen LogP contribution in [0.15, 0.2) is 24.3 Å². The Morgan fingerprint density at radius 1 is 1.20 bits per heavy atom. The number of nitrogens with zero attached hydrogens (tertiary/aromatic N) is 1. The number of benzene rings is 1. The largest absolute Gasteiger partial charge is 1.00 e. The van der Waals surface area contributed by atoms with Crippen LogP contribution in [-0.2, 0) is 10.4 Å². The summed E-state index contributed by atoms with van der Waals surface area (Å²) in [5.41, 5.74) is 1.62. The molecule has 0 atom stereocenters. The molecule has 0 aliphatic carbocycles. The summed E-state index contributed by atoms with van der Waals surface area (Å²) in [4.78, 5) is 0. The Labute approximate surface area is 111 Å². The standard InChI is InChI=1S/C8H6N.Na.H2O4S/c1-7-2-4-8(6-9)5-3-7;;1-5(2,3)4/h2-5H,1H2;;(H2,1,2,3,4)/q-1;+1;. The topological polar surface area (TPSA) is 98.4 Å². The molecule has 0 saturated carbocycles. The third kappa shape index (κ3) is 13.4. The van der Waals surface area contributed by atoms with E-state index >= 15 is 0 Å². The monoisotopic (exact) mass is 237 g/mol. The summed E-state index contributed by atoms with van der Waals surface area (Å²) in [6.45, 7) is 3.69. The number of hydrogen-bond donors (Lipinski definition) is 2. The third-order valence-corrected chi connectivity index (χ3v) is 1.08. The van der Waals surface area contributed by atoms with Crippen LogP contribution < -0.4 is 29.6 Å². The second kappa shape index (κ2) is 7.70. The van der Waals surface area contributed by atoms with Gasteiger partial charge < -0.3 is 0 Å². The molecule has 7 heteroatoms. The molecule has 2 N–H and O–H groups in total. The van der Waals surface area contributed by atoms with E-state index < -0.39 is 10.4 Å². The fourth-order valence-corrected chi connectivity index (χ4v) is 0.579. The van der Waals surface area contributed by atoms with Crippen molar-refractivity contribution in [1.82, 2.24) is 0 Å². The van der Waals surface area contributed by atoms with Gasteiger partial charge in [-0.15, -0.1) is 12.1 Å². The van der Waals surface area contributed by atoms with E-state index in [2.05, 4.69) is 6.92 Å². The van der Waals surface area contributed by atoms with Crippen molar-refractivity contribution < 1.29 is 47.1 Å². The molecule has 0 aromatic heterocycles. The molecule has 0 fully saturated rings. The van der Waals surface area contributed by atoms with Crippen molar-refractivity contribution in [1.29, 1.82) is 5.26 Å². The predicted molar refractivity (Wildman–Crippen MR) is 49.8 cm³/mol. The Bertz CT molecular complexity index is 413. The zero-order chi connectivity index (χ0) is 11.2. The van der Waals surface area contributed by atoms with Gasteiger partial charge >= 0.3 is 40.0 Å². The molecule has 0 aliphatic rings. The summed E-state index contributed by atoms with van der Waals surface area (Å²) in [6, 6.07) is 9.17. The van der Waals surface area contributed by atoms with Gasteiger partial charge in [0.1, 0.15) is 0 Å². The van der Waals surface area contributed by atoms with Crippen molar-refractivity contribution in [3.05, 3.63) is 42.3 Å². The molecule has 0 bridgehead atoms. The van der Waals surface area contributed by atoms with Crippen LogP contribution in [0.1, 0.15) is 11.1 Å². The number of hydrogen-bond acceptors (Lipinski definition) is 3. The third-order valence-electron chi connectivity index (χ3n) is 1.08.